The third-order valence-electron chi connectivity index (χ3n) is 6.96. The van der Waals surface area contributed by atoms with E-state index in [-0.39, 0.29) is 22.4 Å². The van der Waals surface area contributed by atoms with E-state index in [9.17, 15) is 4.79 Å². The van der Waals surface area contributed by atoms with Gasteiger partial charge in [0.1, 0.15) is 29.1 Å². The molecule has 0 aliphatic carbocycles. The summed E-state index contributed by atoms with van der Waals surface area (Å²) in [5, 5.41) is 0.0423. The fourth-order valence-corrected chi connectivity index (χ4v) is 6.57. The number of thioether (sulfide) groups is 1. The Morgan fingerprint density at radius 2 is 1.67 bits per heavy atom. The molecule has 0 N–H and O–H groups in total. The number of carbonyl (C=O) groups is 1. The summed E-state index contributed by atoms with van der Waals surface area (Å²) in [6.45, 7) is 11.4. The standard InChI is InChI=1S/C27H35BrO6SSi/c1-27(2,3)36(4,5)34-23-22-20(17-30-25(33-22)18-12-8-6-9-13-18)31-26(24(23)32-21(29)16-28)35-19-14-10-7-11-15-19/h6-15,20,22-26H,16-17H2,1-5H3/t20?,22-,23?,24?,25?,26-/m1/s1. The lowest BCUT2D eigenvalue weighted by Gasteiger charge is -2.51. The van der Waals surface area contributed by atoms with E-state index in [1.807, 2.05) is 60.7 Å². The molecule has 4 rings (SSSR count). The minimum Gasteiger partial charge on any atom is -0.455 e. The summed E-state index contributed by atoms with van der Waals surface area (Å²) in [5.74, 6) is -0.365. The number of esters is 1. The number of benzene rings is 2. The summed E-state index contributed by atoms with van der Waals surface area (Å²) in [6, 6.07) is 19.8. The van der Waals surface area contributed by atoms with Gasteiger partial charge < -0.3 is 23.4 Å². The molecule has 2 saturated heterocycles. The number of ether oxygens (including phenoxy) is 4. The van der Waals surface area contributed by atoms with Crippen LogP contribution < -0.4 is 0 Å². The van der Waals surface area contributed by atoms with Crippen LogP contribution in [-0.2, 0) is 28.2 Å². The second-order valence-corrected chi connectivity index (χ2v) is 17.1. The molecule has 0 spiro atoms. The van der Waals surface area contributed by atoms with Crippen LogP contribution in [0.25, 0.3) is 0 Å². The molecule has 36 heavy (non-hydrogen) atoms. The molecule has 2 aliphatic rings. The summed E-state index contributed by atoms with van der Waals surface area (Å²) in [6.07, 6.45) is -2.54. The van der Waals surface area contributed by atoms with Crippen LogP contribution in [0.3, 0.4) is 0 Å². The fourth-order valence-electron chi connectivity index (χ4n) is 4.01. The van der Waals surface area contributed by atoms with Gasteiger partial charge >= 0.3 is 5.97 Å². The van der Waals surface area contributed by atoms with Gasteiger partial charge in [-0.1, -0.05) is 97.0 Å². The average molecular weight is 596 g/mol. The van der Waals surface area contributed by atoms with Gasteiger partial charge in [0.2, 0.25) is 0 Å². The van der Waals surface area contributed by atoms with Crippen LogP contribution in [0.2, 0.25) is 18.1 Å². The van der Waals surface area contributed by atoms with Crippen LogP contribution in [0.1, 0.15) is 32.6 Å². The quantitative estimate of drug-likeness (QED) is 0.211. The topological polar surface area (TPSA) is 63.2 Å². The third-order valence-corrected chi connectivity index (χ3v) is 13.1. The van der Waals surface area contributed by atoms with Crippen molar-refractivity contribution in [2.75, 3.05) is 11.9 Å². The Morgan fingerprint density at radius 1 is 1.03 bits per heavy atom. The minimum absolute atomic E-state index is 0.0448. The van der Waals surface area contributed by atoms with Gasteiger partial charge in [-0.15, -0.1) is 0 Å². The molecule has 2 heterocycles. The van der Waals surface area contributed by atoms with E-state index < -0.39 is 38.4 Å². The maximum absolute atomic E-state index is 12.6. The van der Waals surface area contributed by atoms with Gasteiger partial charge in [-0.05, 0) is 30.3 Å². The van der Waals surface area contributed by atoms with Crippen molar-refractivity contribution in [2.45, 2.75) is 79.9 Å². The first kappa shape index (κ1) is 27.8. The Balaban J connectivity index is 1.70. The van der Waals surface area contributed by atoms with Gasteiger partial charge in [-0.2, -0.15) is 0 Å². The number of fused-ring (bicyclic) bond motifs is 1. The highest BCUT2D eigenvalue weighted by atomic mass is 79.9. The molecule has 0 aromatic heterocycles. The Morgan fingerprint density at radius 3 is 2.28 bits per heavy atom. The Bertz CT molecular complexity index is 1000. The van der Waals surface area contributed by atoms with Gasteiger partial charge in [0.05, 0.1) is 6.61 Å². The van der Waals surface area contributed by atoms with Crippen molar-refractivity contribution in [1.29, 1.82) is 0 Å². The zero-order chi connectivity index (χ0) is 25.9. The number of hydrogen-bond donors (Lipinski definition) is 0. The normalized spacial score (nSPS) is 28.8. The van der Waals surface area contributed by atoms with E-state index in [1.165, 1.54) is 11.8 Å². The van der Waals surface area contributed by atoms with E-state index in [0.29, 0.717) is 6.61 Å². The van der Waals surface area contributed by atoms with Gasteiger partial charge in [-0.3, -0.25) is 4.79 Å². The number of alkyl halides is 1. The molecule has 2 fully saturated rings. The van der Waals surface area contributed by atoms with Gasteiger partial charge in [0.25, 0.3) is 0 Å². The molecule has 4 unspecified atom stereocenters. The monoisotopic (exact) mass is 594 g/mol. The molecule has 6 nitrogen and oxygen atoms in total. The average Bonchev–Trinajstić information content (AvgIpc) is 2.86. The Kier molecular flexibility index (Phi) is 9.02. The van der Waals surface area contributed by atoms with Crippen molar-refractivity contribution in [3.05, 3.63) is 66.2 Å². The fraction of sp³-hybridized carbons (Fsp3) is 0.519. The van der Waals surface area contributed by atoms with Crippen molar-refractivity contribution in [1.82, 2.24) is 0 Å². The highest BCUT2D eigenvalue weighted by Crippen LogP contribution is 2.45. The van der Waals surface area contributed by atoms with Gasteiger partial charge in [0.15, 0.2) is 20.7 Å². The van der Waals surface area contributed by atoms with Crippen molar-refractivity contribution in [3.63, 3.8) is 0 Å². The van der Waals surface area contributed by atoms with E-state index >= 15 is 0 Å². The molecule has 2 aromatic rings. The molecule has 0 bridgehead atoms. The molecular weight excluding hydrogens is 560 g/mol. The lowest BCUT2D eigenvalue weighted by Crippen LogP contribution is -2.65. The maximum Gasteiger partial charge on any atom is 0.317 e. The van der Waals surface area contributed by atoms with E-state index in [2.05, 4.69) is 49.8 Å². The molecule has 0 radical (unpaired) electrons. The highest BCUT2D eigenvalue weighted by Gasteiger charge is 2.55. The first-order chi connectivity index (χ1) is 17.1. The van der Waals surface area contributed by atoms with Crippen LogP contribution >= 0.6 is 27.7 Å². The van der Waals surface area contributed by atoms with Crippen molar-refractivity contribution < 1.29 is 28.2 Å². The summed E-state index contributed by atoms with van der Waals surface area (Å²) >= 11 is 4.77. The minimum atomic E-state index is -2.28. The summed E-state index contributed by atoms with van der Waals surface area (Å²) in [5.41, 5.74) is 0.448. The maximum atomic E-state index is 12.6. The number of halogens is 1. The third kappa shape index (κ3) is 6.43. The van der Waals surface area contributed by atoms with Crippen molar-refractivity contribution >= 4 is 42.0 Å². The molecule has 2 aromatic carbocycles. The lowest BCUT2D eigenvalue weighted by atomic mass is 9.98. The van der Waals surface area contributed by atoms with E-state index in [1.54, 1.807) is 0 Å². The number of hydrogen-bond acceptors (Lipinski definition) is 7. The lowest BCUT2D eigenvalue weighted by molar-refractivity contribution is -0.317. The number of rotatable bonds is 7. The second-order valence-electron chi connectivity index (χ2n) is 10.6. The Labute approximate surface area is 227 Å². The summed E-state index contributed by atoms with van der Waals surface area (Å²) in [7, 11) is -2.28. The van der Waals surface area contributed by atoms with Crippen LogP contribution in [-0.4, -0.2) is 56.1 Å². The van der Waals surface area contributed by atoms with Gasteiger partial charge in [-0.25, -0.2) is 0 Å². The predicted octanol–water partition coefficient (Wildman–Crippen LogP) is 6.31. The molecule has 6 atom stereocenters. The SMILES string of the molecule is CC(C)(C)[Si](C)(C)OC1C(OC(=O)CBr)[C@@H](Sc2ccccc2)OC2COC(c3ccccc3)O[C@H]21. The first-order valence-electron chi connectivity index (χ1n) is 12.2. The molecule has 0 saturated carbocycles. The molecule has 0 amide bonds. The Hall–Kier alpha value is -1.20. The summed E-state index contributed by atoms with van der Waals surface area (Å²) < 4.78 is 32.2. The van der Waals surface area contributed by atoms with Crippen molar-refractivity contribution in [2.24, 2.45) is 0 Å². The van der Waals surface area contributed by atoms with E-state index in [0.717, 1.165) is 10.5 Å². The van der Waals surface area contributed by atoms with Crippen LogP contribution in [0.5, 0.6) is 0 Å². The zero-order valence-corrected chi connectivity index (χ0v) is 24.8. The van der Waals surface area contributed by atoms with Crippen LogP contribution in [0.4, 0.5) is 0 Å². The molecular formula is C27H35BrO6SSi. The smallest absolute Gasteiger partial charge is 0.317 e. The molecule has 2 aliphatic heterocycles. The summed E-state index contributed by atoms with van der Waals surface area (Å²) in [4.78, 5) is 13.6. The number of carbonyl (C=O) groups excluding carboxylic acids is 1. The van der Waals surface area contributed by atoms with Crippen LogP contribution in [0, 0.1) is 0 Å². The largest absolute Gasteiger partial charge is 0.455 e. The van der Waals surface area contributed by atoms with Gasteiger partial charge in [0, 0.05) is 10.5 Å². The predicted molar refractivity (Wildman–Crippen MR) is 147 cm³/mol. The first-order valence-corrected chi connectivity index (χ1v) is 17.1. The van der Waals surface area contributed by atoms with E-state index in [4.69, 9.17) is 23.4 Å². The van der Waals surface area contributed by atoms with Crippen molar-refractivity contribution in [3.8, 4) is 0 Å². The molecule has 9 heteroatoms. The second kappa shape index (κ2) is 11.7. The molecule has 196 valence electrons. The highest BCUT2D eigenvalue weighted by molar-refractivity contribution is 9.09. The zero-order valence-electron chi connectivity index (χ0n) is 21.4. The van der Waals surface area contributed by atoms with Crippen LogP contribution in [0.15, 0.2) is 65.6 Å².